The number of nitrogens with one attached hydrogen (secondary N) is 1. The number of anilines is 1. The van der Waals surface area contributed by atoms with E-state index in [2.05, 4.69) is 5.32 Å². The molecule has 2 aliphatic rings. The van der Waals surface area contributed by atoms with Gasteiger partial charge >= 0.3 is 5.97 Å². The molecule has 0 aromatic heterocycles. The van der Waals surface area contributed by atoms with Gasteiger partial charge in [0.1, 0.15) is 0 Å². The Morgan fingerprint density at radius 1 is 1.09 bits per heavy atom. The van der Waals surface area contributed by atoms with Crippen molar-refractivity contribution in [3.8, 4) is 0 Å². The summed E-state index contributed by atoms with van der Waals surface area (Å²) in [5.41, 5.74) is 2.74. The van der Waals surface area contributed by atoms with Crippen LogP contribution in [-0.2, 0) is 0 Å². The van der Waals surface area contributed by atoms with Crippen LogP contribution in [0.25, 0.3) is 0 Å². The van der Waals surface area contributed by atoms with E-state index in [1.165, 1.54) is 17.8 Å². The Labute approximate surface area is 220 Å². The average Bonchev–Trinajstić information content (AvgIpc) is 3.15. The lowest BCUT2D eigenvalue weighted by Crippen LogP contribution is -2.31. The number of carbonyl (C=O) groups is 1. The molecular formula is C25H19Cl3N2O4S. The first-order valence-corrected chi connectivity index (χ1v) is 12.9. The summed E-state index contributed by atoms with van der Waals surface area (Å²) < 4.78 is 0. The van der Waals surface area contributed by atoms with E-state index in [0.29, 0.717) is 21.4 Å². The number of hydrogen-bond acceptors (Lipinski definition) is 5. The Balaban J connectivity index is 1.58. The number of nitrogens with zero attached hydrogens (tertiary/aromatic N) is 1. The molecule has 1 saturated carbocycles. The molecule has 0 spiro atoms. The lowest BCUT2D eigenvalue weighted by molar-refractivity contribution is -0.387. The van der Waals surface area contributed by atoms with E-state index in [1.807, 2.05) is 6.07 Å². The molecule has 180 valence electrons. The molecule has 10 heteroatoms. The smallest absolute Gasteiger partial charge is 0.335 e. The van der Waals surface area contributed by atoms with E-state index in [9.17, 15) is 20.0 Å². The Bertz CT molecular complexity index is 1340. The molecule has 1 aliphatic heterocycles. The predicted molar refractivity (Wildman–Crippen MR) is 139 cm³/mol. The molecule has 1 aliphatic carbocycles. The van der Waals surface area contributed by atoms with Gasteiger partial charge in [-0.3, -0.25) is 10.1 Å². The number of hydrogen-bond donors (Lipinski definition) is 2. The minimum Gasteiger partial charge on any atom is -0.478 e. The molecule has 0 bridgehead atoms. The molecule has 35 heavy (non-hydrogen) atoms. The predicted octanol–water partition coefficient (Wildman–Crippen LogP) is 7.64. The zero-order chi connectivity index (χ0) is 24.9. The number of nitro groups is 1. The summed E-state index contributed by atoms with van der Waals surface area (Å²) in [6.07, 6.45) is 0.656. The molecule has 0 radical (unpaired) electrons. The van der Waals surface area contributed by atoms with Crippen molar-refractivity contribution >= 4 is 63.9 Å². The lowest BCUT2D eigenvalue weighted by atomic mass is 9.77. The molecule has 5 rings (SSSR count). The Hall–Kier alpha value is -2.45. The van der Waals surface area contributed by atoms with E-state index in [-0.39, 0.29) is 44.7 Å². The molecule has 1 heterocycles. The van der Waals surface area contributed by atoms with Gasteiger partial charge in [-0.1, -0.05) is 41.4 Å². The number of fused-ring (bicyclic) bond motifs is 3. The minimum absolute atomic E-state index is 0.0204. The highest BCUT2D eigenvalue weighted by atomic mass is 35.5. The number of carboxylic acid groups (broad SMARTS) is 1. The number of thioether (sulfide) groups is 1. The molecule has 3 aromatic rings. The van der Waals surface area contributed by atoms with Crippen molar-refractivity contribution in [1.82, 2.24) is 0 Å². The number of carboxylic acids is 1. The van der Waals surface area contributed by atoms with Crippen LogP contribution in [0, 0.1) is 16.0 Å². The van der Waals surface area contributed by atoms with Crippen molar-refractivity contribution in [2.45, 2.75) is 33.9 Å². The maximum Gasteiger partial charge on any atom is 0.335 e. The van der Waals surface area contributed by atoms with Crippen LogP contribution in [0.5, 0.6) is 0 Å². The van der Waals surface area contributed by atoms with Crippen LogP contribution in [0.1, 0.15) is 39.9 Å². The highest BCUT2D eigenvalue weighted by Crippen LogP contribution is 2.58. The summed E-state index contributed by atoms with van der Waals surface area (Å²) in [5.74, 6) is -1.21. The van der Waals surface area contributed by atoms with Crippen molar-refractivity contribution in [3.63, 3.8) is 0 Å². The number of nitro benzene ring substituents is 1. The van der Waals surface area contributed by atoms with Gasteiger partial charge in [0.05, 0.1) is 26.8 Å². The van der Waals surface area contributed by atoms with Crippen molar-refractivity contribution in [1.29, 1.82) is 0 Å². The summed E-state index contributed by atoms with van der Waals surface area (Å²) in [5, 5.41) is 25.2. The fourth-order valence-corrected chi connectivity index (χ4v) is 7.65. The Morgan fingerprint density at radius 2 is 1.86 bits per heavy atom. The van der Waals surface area contributed by atoms with Crippen LogP contribution in [0.15, 0.2) is 65.6 Å². The van der Waals surface area contributed by atoms with Crippen LogP contribution in [0.3, 0.4) is 0 Å². The zero-order valence-electron chi connectivity index (χ0n) is 18.0. The van der Waals surface area contributed by atoms with Gasteiger partial charge in [0.2, 0.25) is 0 Å². The first kappa shape index (κ1) is 24.3. The maximum absolute atomic E-state index is 11.7. The highest BCUT2D eigenvalue weighted by Gasteiger charge is 2.50. The first-order chi connectivity index (χ1) is 16.7. The molecule has 3 aromatic carbocycles. The highest BCUT2D eigenvalue weighted by molar-refractivity contribution is 8.00. The zero-order valence-corrected chi connectivity index (χ0v) is 21.1. The number of halogens is 3. The van der Waals surface area contributed by atoms with Crippen LogP contribution in [0.4, 0.5) is 11.4 Å². The van der Waals surface area contributed by atoms with Gasteiger partial charge in [-0.2, -0.15) is 0 Å². The number of rotatable bonds is 5. The van der Waals surface area contributed by atoms with Gasteiger partial charge in [0.15, 0.2) is 0 Å². The van der Waals surface area contributed by atoms with Crippen LogP contribution in [-0.4, -0.2) is 26.6 Å². The van der Waals surface area contributed by atoms with Gasteiger partial charge in [-0.15, -0.1) is 23.4 Å². The molecule has 5 atom stereocenters. The molecule has 1 fully saturated rings. The van der Waals surface area contributed by atoms with E-state index in [0.717, 1.165) is 16.8 Å². The summed E-state index contributed by atoms with van der Waals surface area (Å²) in [6.45, 7) is 0. The fraction of sp³-hybridized carbons (Fsp3) is 0.240. The van der Waals surface area contributed by atoms with Crippen LogP contribution in [0.2, 0.25) is 10.0 Å². The summed E-state index contributed by atoms with van der Waals surface area (Å²) in [6, 6.07) is 16.8. The Kier molecular flexibility index (Phi) is 6.61. The molecule has 2 N–H and O–H groups in total. The minimum atomic E-state index is -1.01. The summed E-state index contributed by atoms with van der Waals surface area (Å²) in [4.78, 5) is 23.4. The first-order valence-electron chi connectivity index (χ1n) is 10.9. The van der Waals surface area contributed by atoms with Gasteiger partial charge in [0.25, 0.3) is 5.69 Å². The second kappa shape index (κ2) is 9.54. The monoisotopic (exact) mass is 548 g/mol. The Morgan fingerprint density at radius 3 is 2.57 bits per heavy atom. The van der Waals surface area contributed by atoms with Crippen LogP contribution < -0.4 is 5.32 Å². The number of benzene rings is 3. The van der Waals surface area contributed by atoms with E-state index in [4.69, 9.17) is 34.8 Å². The fourth-order valence-electron chi connectivity index (χ4n) is 5.18. The lowest BCUT2D eigenvalue weighted by Gasteiger charge is -2.38. The second-order valence-electron chi connectivity index (χ2n) is 8.65. The summed E-state index contributed by atoms with van der Waals surface area (Å²) >= 11 is 21.2. The van der Waals surface area contributed by atoms with E-state index in [1.54, 1.807) is 48.5 Å². The standard InChI is InChI=1S/C25H19Cl3N2O4S/c26-13-6-7-14(17(27)10-13)24-16-11-21(35-20-4-2-1-3-19(20)30(33)34)23(28)22(16)15-9-12(25(31)32)5-8-18(15)29-24/h1-10,16,21-24,29H,11H2,(H,31,32)/t16-,21-,22+,23-,24+/m0/s1. The second-order valence-corrected chi connectivity index (χ2v) is 11.3. The molecular weight excluding hydrogens is 531 g/mol. The van der Waals surface area contributed by atoms with E-state index < -0.39 is 5.97 Å². The largest absolute Gasteiger partial charge is 0.478 e. The van der Waals surface area contributed by atoms with E-state index >= 15 is 0 Å². The maximum atomic E-state index is 11.7. The van der Waals surface area contributed by atoms with Gasteiger partial charge in [-0.25, -0.2) is 4.79 Å². The van der Waals surface area contributed by atoms with Crippen molar-refractivity contribution < 1.29 is 14.8 Å². The third kappa shape index (κ3) is 4.47. The SMILES string of the molecule is O=C(O)c1ccc2c(c1)[C@H]1[C@@H](Cl)[C@@H](Sc3ccccc3[N+](=O)[O-])C[C@@H]1[C@@H](c1ccc(Cl)cc1Cl)N2. The normalized spacial score (nSPS) is 24.8. The quantitative estimate of drug-likeness (QED) is 0.193. The molecule has 0 saturated heterocycles. The van der Waals surface area contributed by atoms with Gasteiger partial charge < -0.3 is 10.4 Å². The summed E-state index contributed by atoms with van der Waals surface area (Å²) in [7, 11) is 0. The van der Waals surface area contributed by atoms with Crippen molar-refractivity contribution in [2.75, 3.05) is 5.32 Å². The van der Waals surface area contributed by atoms with Gasteiger partial charge in [-0.05, 0) is 59.9 Å². The van der Waals surface area contributed by atoms with Gasteiger partial charge in [0, 0.05) is 33.0 Å². The number of alkyl halides is 1. The third-order valence-electron chi connectivity index (χ3n) is 6.70. The number of aromatic carboxylic acids is 1. The van der Waals surface area contributed by atoms with Crippen molar-refractivity contribution in [2.24, 2.45) is 5.92 Å². The van der Waals surface area contributed by atoms with Crippen molar-refractivity contribution in [3.05, 3.63) is 97.5 Å². The average molecular weight is 550 g/mol. The molecule has 0 amide bonds. The van der Waals surface area contributed by atoms with Crippen LogP contribution >= 0.6 is 46.6 Å². The molecule has 0 unspecified atom stereocenters. The topological polar surface area (TPSA) is 92.5 Å². The third-order valence-corrected chi connectivity index (χ3v) is 9.37. The molecule has 6 nitrogen and oxygen atoms in total. The number of para-hydroxylation sites is 1.